The third-order valence-corrected chi connectivity index (χ3v) is 4.03. The van der Waals surface area contributed by atoms with Crippen LogP contribution in [0.15, 0.2) is 18.2 Å². The predicted molar refractivity (Wildman–Crippen MR) is 84.5 cm³/mol. The Morgan fingerprint density at radius 1 is 1.25 bits per heavy atom. The number of nitrogens with zero attached hydrogens (tertiary/aromatic N) is 1. The number of allylic oxidation sites excluding steroid dienone is 1. The molecule has 0 aromatic heterocycles. The van der Waals surface area contributed by atoms with Crippen LogP contribution in [0.1, 0.15) is 45.7 Å². The lowest BCUT2D eigenvalue weighted by atomic mass is 9.88. The third-order valence-electron chi connectivity index (χ3n) is 4.03. The minimum Gasteiger partial charge on any atom is -0.363 e. The highest BCUT2D eigenvalue weighted by Crippen LogP contribution is 2.39. The lowest BCUT2D eigenvalue weighted by Crippen LogP contribution is -2.45. The number of likely N-dealkylation sites (N-methyl/N-ethyl adjacent to an activating group) is 1. The SMILES string of the molecule is CCNCc1cc2c(cc1F)N(CC)C(C)(C)C=C2C. The van der Waals surface area contributed by atoms with Crippen LogP contribution in [0.2, 0.25) is 0 Å². The molecule has 110 valence electrons. The predicted octanol–water partition coefficient (Wildman–Crippen LogP) is 3.96. The van der Waals surface area contributed by atoms with Gasteiger partial charge in [0, 0.05) is 29.9 Å². The molecule has 0 fully saturated rings. The van der Waals surface area contributed by atoms with E-state index in [2.05, 4.69) is 44.0 Å². The van der Waals surface area contributed by atoms with Crippen LogP contribution >= 0.6 is 0 Å². The van der Waals surface area contributed by atoms with Gasteiger partial charge in [0.1, 0.15) is 5.82 Å². The lowest BCUT2D eigenvalue weighted by Gasteiger charge is -2.43. The minimum absolute atomic E-state index is 0.0680. The van der Waals surface area contributed by atoms with Crippen molar-refractivity contribution in [3.8, 4) is 0 Å². The van der Waals surface area contributed by atoms with Crippen molar-refractivity contribution < 1.29 is 4.39 Å². The van der Waals surface area contributed by atoms with Gasteiger partial charge in [0.15, 0.2) is 0 Å². The molecule has 1 aliphatic rings. The Labute approximate surface area is 121 Å². The Kier molecular flexibility index (Phi) is 4.19. The molecule has 0 saturated carbocycles. The molecule has 1 aliphatic heterocycles. The van der Waals surface area contributed by atoms with E-state index in [-0.39, 0.29) is 11.4 Å². The normalized spacial score (nSPS) is 16.9. The summed E-state index contributed by atoms with van der Waals surface area (Å²) in [5.74, 6) is -0.117. The molecule has 2 nitrogen and oxygen atoms in total. The molecule has 3 heteroatoms. The summed E-state index contributed by atoms with van der Waals surface area (Å²) in [4.78, 5) is 2.26. The van der Waals surface area contributed by atoms with Crippen LogP contribution in [0.25, 0.3) is 5.57 Å². The van der Waals surface area contributed by atoms with Gasteiger partial charge in [-0.3, -0.25) is 0 Å². The second-order valence-electron chi connectivity index (χ2n) is 5.97. The zero-order valence-corrected chi connectivity index (χ0v) is 13.2. The molecule has 1 aromatic carbocycles. The average molecular weight is 276 g/mol. The first-order valence-electron chi connectivity index (χ1n) is 7.41. The molecule has 0 unspecified atom stereocenters. The number of hydrogen-bond acceptors (Lipinski definition) is 2. The van der Waals surface area contributed by atoms with Crippen LogP contribution in [-0.4, -0.2) is 18.6 Å². The van der Waals surface area contributed by atoms with Gasteiger partial charge in [0.05, 0.1) is 5.54 Å². The Bertz CT molecular complexity index is 532. The van der Waals surface area contributed by atoms with Crippen molar-refractivity contribution in [3.05, 3.63) is 35.2 Å². The zero-order valence-electron chi connectivity index (χ0n) is 13.2. The van der Waals surface area contributed by atoms with Crippen molar-refractivity contribution in [3.63, 3.8) is 0 Å². The summed E-state index contributed by atoms with van der Waals surface area (Å²) in [6.45, 7) is 12.9. The Balaban J connectivity index is 2.51. The fraction of sp³-hybridized carbons (Fsp3) is 0.529. The Hall–Kier alpha value is -1.35. The van der Waals surface area contributed by atoms with Crippen molar-refractivity contribution in [1.82, 2.24) is 5.32 Å². The highest BCUT2D eigenvalue weighted by molar-refractivity contribution is 5.81. The summed E-state index contributed by atoms with van der Waals surface area (Å²) < 4.78 is 14.3. The van der Waals surface area contributed by atoms with Crippen LogP contribution < -0.4 is 10.2 Å². The summed E-state index contributed by atoms with van der Waals surface area (Å²) in [6.07, 6.45) is 2.27. The molecule has 0 saturated heterocycles. The van der Waals surface area contributed by atoms with Crippen LogP contribution in [-0.2, 0) is 6.54 Å². The minimum atomic E-state index is -0.117. The topological polar surface area (TPSA) is 15.3 Å². The molecule has 0 spiro atoms. The molecule has 1 heterocycles. The zero-order chi connectivity index (χ0) is 14.9. The Morgan fingerprint density at radius 3 is 2.55 bits per heavy atom. The molecule has 0 radical (unpaired) electrons. The lowest BCUT2D eigenvalue weighted by molar-refractivity contribution is 0.557. The molecular weight excluding hydrogens is 251 g/mol. The standard InChI is InChI=1S/C17H25FN2/c1-6-19-11-13-8-14-12(3)10-17(4,5)20(7-2)16(14)9-15(13)18/h8-10,19H,6-7,11H2,1-5H3. The van der Waals surface area contributed by atoms with E-state index >= 15 is 0 Å². The smallest absolute Gasteiger partial charge is 0.129 e. The molecule has 20 heavy (non-hydrogen) atoms. The van der Waals surface area contributed by atoms with E-state index in [1.807, 2.05) is 13.0 Å². The molecule has 1 N–H and O–H groups in total. The van der Waals surface area contributed by atoms with Crippen molar-refractivity contribution in [2.45, 2.75) is 46.7 Å². The van der Waals surface area contributed by atoms with Gasteiger partial charge in [0.25, 0.3) is 0 Å². The van der Waals surface area contributed by atoms with Gasteiger partial charge in [-0.25, -0.2) is 4.39 Å². The van der Waals surface area contributed by atoms with Gasteiger partial charge in [0.2, 0.25) is 0 Å². The van der Waals surface area contributed by atoms with E-state index in [0.29, 0.717) is 6.54 Å². The van der Waals surface area contributed by atoms with Gasteiger partial charge < -0.3 is 10.2 Å². The van der Waals surface area contributed by atoms with Crippen LogP contribution in [0.4, 0.5) is 10.1 Å². The van der Waals surface area contributed by atoms with Crippen LogP contribution in [0.5, 0.6) is 0 Å². The van der Waals surface area contributed by atoms with Gasteiger partial charge >= 0.3 is 0 Å². The first-order chi connectivity index (χ1) is 9.40. The van der Waals surface area contributed by atoms with Crippen molar-refractivity contribution in [1.29, 1.82) is 0 Å². The van der Waals surface area contributed by atoms with Crippen LogP contribution in [0, 0.1) is 5.82 Å². The second-order valence-corrected chi connectivity index (χ2v) is 5.97. The van der Waals surface area contributed by atoms with E-state index in [9.17, 15) is 4.39 Å². The largest absolute Gasteiger partial charge is 0.363 e. The molecule has 0 atom stereocenters. The van der Waals surface area contributed by atoms with E-state index in [1.165, 1.54) is 5.57 Å². The third kappa shape index (κ3) is 2.59. The Morgan fingerprint density at radius 2 is 1.95 bits per heavy atom. The molecule has 0 bridgehead atoms. The monoisotopic (exact) mass is 276 g/mol. The molecule has 0 aliphatic carbocycles. The fourth-order valence-corrected chi connectivity index (χ4v) is 3.12. The van der Waals surface area contributed by atoms with Gasteiger partial charge in [-0.1, -0.05) is 13.0 Å². The number of rotatable bonds is 4. The van der Waals surface area contributed by atoms with E-state index < -0.39 is 0 Å². The first kappa shape index (κ1) is 15.0. The van der Waals surface area contributed by atoms with Gasteiger partial charge in [-0.15, -0.1) is 0 Å². The summed E-state index contributed by atoms with van der Waals surface area (Å²) in [5, 5.41) is 3.20. The summed E-state index contributed by atoms with van der Waals surface area (Å²) in [7, 11) is 0. The van der Waals surface area contributed by atoms with Crippen molar-refractivity contribution in [2.75, 3.05) is 18.0 Å². The average Bonchev–Trinajstić information content (AvgIpc) is 2.36. The summed E-state index contributed by atoms with van der Waals surface area (Å²) in [5.41, 5.74) is 4.07. The number of anilines is 1. The van der Waals surface area contributed by atoms with Crippen LogP contribution in [0.3, 0.4) is 0 Å². The van der Waals surface area contributed by atoms with Crippen molar-refractivity contribution in [2.24, 2.45) is 0 Å². The first-order valence-corrected chi connectivity index (χ1v) is 7.41. The van der Waals surface area contributed by atoms with E-state index in [0.717, 1.165) is 29.9 Å². The number of halogens is 1. The highest BCUT2D eigenvalue weighted by atomic mass is 19.1. The van der Waals surface area contributed by atoms with Gasteiger partial charge in [-0.2, -0.15) is 0 Å². The summed E-state index contributed by atoms with van der Waals surface area (Å²) >= 11 is 0. The maximum absolute atomic E-state index is 14.3. The number of fused-ring (bicyclic) bond motifs is 1. The second kappa shape index (κ2) is 5.57. The number of hydrogen-bond donors (Lipinski definition) is 1. The van der Waals surface area contributed by atoms with E-state index in [4.69, 9.17) is 0 Å². The quantitative estimate of drug-likeness (QED) is 0.895. The maximum Gasteiger partial charge on any atom is 0.129 e. The van der Waals surface area contributed by atoms with Crippen molar-refractivity contribution >= 4 is 11.3 Å². The molecule has 2 rings (SSSR count). The van der Waals surface area contributed by atoms with Gasteiger partial charge in [-0.05, 0) is 51.9 Å². The highest BCUT2D eigenvalue weighted by Gasteiger charge is 2.30. The molecule has 1 aromatic rings. The number of nitrogens with one attached hydrogen (secondary N) is 1. The number of benzene rings is 1. The van der Waals surface area contributed by atoms with E-state index in [1.54, 1.807) is 6.07 Å². The molecule has 0 amide bonds. The summed E-state index contributed by atoms with van der Waals surface area (Å²) in [6, 6.07) is 3.70. The molecular formula is C17H25FN2. The maximum atomic E-state index is 14.3. The fourth-order valence-electron chi connectivity index (χ4n) is 3.12.